The van der Waals surface area contributed by atoms with Crippen LogP contribution in [0.25, 0.3) is 0 Å². The summed E-state index contributed by atoms with van der Waals surface area (Å²) in [7, 11) is 0. The van der Waals surface area contributed by atoms with Gasteiger partial charge in [-0.05, 0) is 0 Å². The molecule has 0 aliphatic heterocycles. The fourth-order valence-corrected chi connectivity index (χ4v) is 3.97. The number of rotatable bonds is 10. The second kappa shape index (κ2) is 12.2. The normalized spacial score (nSPS) is 9.53. The Balaban J connectivity index is 3.28. The molecular formula is C12H22O4Sn+2. The maximum atomic E-state index is 11.2. The van der Waals surface area contributed by atoms with Gasteiger partial charge < -0.3 is 0 Å². The van der Waals surface area contributed by atoms with Gasteiger partial charge in [-0.25, -0.2) is 0 Å². The molecule has 0 rings (SSSR count). The van der Waals surface area contributed by atoms with Crippen LogP contribution >= 0.6 is 0 Å². The summed E-state index contributed by atoms with van der Waals surface area (Å²) in [6.45, 7) is 5.00. The van der Waals surface area contributed by atoms with Gasteiger partial charge in [-0.15, -0.1) is 0 Å². The molecule has 0 spiro atoms. The summed E-state index contributed by atoms with van der Waals surface area (Å²) in [5, 5.41) is 0. The van der Waals surface area contributed by atoms with E-state index in [-0.39, 0.29) is 11.9 Å². The van der Waals surface area contributed by atoms with Gasteiger partial charge in [0.15, 0.2) is 0 Å². The SMILES string of the molecule is CCCOC(=O)C[CH2][Sn+2][CH2]CC(=O)OCCC. The standard InChI is InChI=1S/2C6H11O2.Sn/c2*1-3-5-8-6(7)4-2;/h2*2-5H2,1H3;/q;;+2. The van der Waals surface area contributed by atoms with Crippen LogP contribution in [-0.2, 0) is 19.1 Å². The van der Waals surface area contributed by atoms with Crippen LogP contribution < -0.4 is 0 Å². The van der Waals surface area contributed by atoms with Crippen LogP contribution in [0, 0.1) is 0 Å². The molecule has 17 heavy (non-hydrogen) atoms. The average Bonchev–Trinajstić information content (AvgIpc) is 2.33. The van der Waals surface area contributed by atoms with Crippen molar-refractivity contribution in [2.75, 3.05) is 13.2 Å². The minimum atomic E-state index is -0.588. The predicted molar refractivity (Wildman–Crippen MR) is 67.1 cm³/mol. The van der Waals surface area contributed by atoms with Crippen LogP contribution in [0.5, 0.6) is 0 Å². The van der Waals surface area contributed by atoms with E-state index in [1.54, 1.807) is 0 Å². The summed E-state index contributed by atoms with van der Waals surface area (Å²) in [6, 6.07) is 0. The Morgan fingerprint density at radius 2 is 1.29 bits per heavy atom. The fraction of sp³-hybridized carbons (Fsp3) is 0.833. The Kier molecular flexibility index (Phi) is 12.0. The minimum absolute atomic E-state index is 0.0960. The Bertz CT molecular complexity index is 197. The van der Waals surface area contributed by atoms with Crippen molar-refractivity contribution in [3.05, 3.63) is 0 Å². The molecule has 0 radical (unpaired) electrons. The van der Waals surface area contributed by atoms with Crippen LogP contribution in [0.15, 0.2) is 0 Å². The molecule has 0 fully saturated rings. The van der Waals surface area contributed by atoms with Crippen molar-refractivity contribution >= 4 is 33.1 Å². The summed E-state index contributed by atoms with van der Waals surface area (Å²) in [5.41, 5.74) is 0. The van der Waals surface area contributed by atoms with Crippen molar-refractivity contribution in [3.63, 3.8) is 0 Å². The number of carbonyl (C=O) groups excluding carboxylic acids is 2. The molecule has 0 saturated carbocycles. The van der Waals surface area contributed by atoms with Crippen LogP contribution in [0.1, 0.15) is 39.5 Å². The van der Waals surface area contributed by atoms with Crippen LogP contribution in [0.2, 0.25) is 8.87 Å². The molecule has 0 bridgehead atoms. The van der Waals surface area contributed by atoms with Crippen molar-refractivity contribution in [1.29, 1.82) is 0 Å². The summed E-state index contributed by atoms with van der Waals surface area (Å²) >= 11 is -0.588. The van der Waals surface area contributed by atoms with Gasteiger partial charge in [0.2, 0.25) is 0 Å². The molecule has 0 N–H and O–H groups in total. The molecule has 0 heterocycles. The molecule has 0 aromatic rings. The average molecular weight is 349 g/mol. The van der Waals surface area contributed by atoms with Gasteiger partial charge in [-0.3, -0.25) is 0 Å². The first-order valence-electron chi connectivity index (χ1n) is 6.22. The summed E-state index contributed by atoms with van der Waals surface area (Å²) < 4.78 is 11.8. The first-order valence-corrected chi connectivity index (χ1v) is 10.3. The van der Waals surface area contributed by atoms with E-state index in [0.717, 1.165) is 21.7 Å². The predicted octanol–water partition coefficient (Wildman–Crippen LogP) is 2.21. The van der Waals surface area contributed by atoms with Gasteiger partial charge in [-0.2, -0.15) is 0 Å². The zero-order valence-corrected chi connectivity index (χ0v) is 13.6. The van der Waals surface area contributed by atoms with Crippen molar-refractivity contribution in [2.45, 2.75) is 48.4 Å². The van der Waals surface area contributed by atoms with E-state index >= 15 is 0 Å². The summed E-state index contributed by atoms with van der Waals surface area (Å²) in [4.78, 5) is 22.3. The topological polar surface area (TPSA) is 52.6 Å². The zero-order chi connectivity index (χ0) is 12.9. The van der Waals surface area contributed by atoms with E-state index < -0.39 is 21.1 Å². The molecule has 0 aliphatic rings. The van der Waals surface area contributed by atoms with E-state index in [4.69, 9.17) is 9.47 Å². The van der Waals surface area contributed by atoms with Gasteiger partial charge in [0.25, 0.3) is 0 Å². The summed E-state index contributed by atoms with van der Waals surface area (Å²) in [5.74, 6) is -0.192. The van der Waals surface area contributed by atoms with Crippen LogP contribution in [-0.4, -0.2) is 46.3 Å². The van der Waals surface area contributed by atoms with Gasteiger partial charge in [0.1, 0.15) is 0 Å². The molecule has 0 aliphatic carbocycles. The fourth-order valence-electron chi connectivity index (χ4n) is 1.08. The molecule has 0 unspecified atom stereocenters. The van der Waals surface area contributed by atoms with E-state index in [1.807, 2.05) is 13.8 Å². The quantitative estimate of drug-likeness (QED) is 0.345. The van der Waals surface area contributed by atoms with E-state index in [2.05, 4.69) is 0 Å². The monoisotopic (exact) mass is 350 g/mol. The van der Waals surface area contributed by atoms with Crippen molar-refractivity contribution < 1.29 is 19.1 Å². The first-order chi connectivity index (χ1) is 8.20. The molecule has 5 heteroatoms. The molecule has 4 nitrogen and oxygen atoms in total. The van der Waals surface area contributed by atoms with Gasteiger partial charge in [-0.1, -0.05) is 0 Å². The van der Waals surface area contributed by atoms with Crippen molar-refractivity contribution in [3.8, 4) is 0 Å². The summed E-state index contributed by atoms with van der Waals surface area (Å²) in [6.07, 6.45) is 2.79. The molecule has 0 atom stereocenters. The van der Waals surface area contributed by atoms with Gasteiger partial charge in [0, 0.05) is 0 Å². The van der Waals surface area contributed by atoms with E-state index in [0.29, 0.717) is 26.1 Å². The first kappa shape index (κ1) is 16.7. The van der Waals surface area contributed by atoms with Gasteiger partial charge >= 0.3 is 114 Å². The number of ether oxygens (including phenoxy) is 2. The maximum absolute atomic E-state index is 11.2. The second-order valence-corrected chi connectivity index (χ2v) is 7.97. The van der Waals surface area contributed by atoms with Crippen molar-refractivity contribution in [1.82, 2.24) is 0 Å². The Hall–Kier alpha value is -0.261. The number of hydrogen-bond donors (Lipinski definition) is 0. The number of esters is 2. The van der Waals surface area contributed by atoms with E-state index in [9.17, 15) is 9.59 Å². The molecule has 0 aromatic heterocycles. The van der Waals surface area contributed by atoms with Gasteiger partial charge in [0.05, 0.1) is 0 Å². The van der Waals surface area contributed by atoms with Crippen LogP contribution in [0.4, 0.5) is 0 Å². The third-order valence-corrected chi connectivity index (χ3v) is 5.39. The Morgan fingerprint density at radius 1 is 0.882 bits per heavy atom. The zero-order valence-electron chi connectivity index (χ0n) is 10.8. The molecule has 96 valence electrons. The number of carbonyl (C=O) groups is 2. The molecule has 0 amide bonds. The third-order valence-electron chi connectivity index (χ3n) is 1.95. The van der Waals surface area contributed by atoms with E-state index in [1.165, 1.54) is 0 Å². The van der Waals surface area contributed by atoms with Crippen molar-refractivity contribution in [2.24, 2.45) is 0 Å². The number of hydrogen-bond acceptors (Lipinski definition) is 4. The van der Waals surface area contributed by atoms with Crippen LogP contribution in [0.3, 0.4) is 0 Å². The second-order valence-electron chi connectivity index (χ2n) is 3.69. The molecule has 0 saturated heterocycles. The molecular weight excluding hydrogens is 327 g/mol. The third kappa shape index (κ3) is 12.0. The molecule has 0 aromatic carbocycles. The Labute approximate surface area is 114 Å². The Morgan fingerprint density at radius 3 is 1.65 bits per heavy atom.